The summed E-state index contributed by atoms with van der Waals surface area (Å²) in [5.74, 6) is -0.157. The highest BCUT2D eigenvalue weighted by molar-refractivity contribution is 9.10. The number of hydrogen-bond donors (Lipinski definition) is 0. The highest BCUT2D eigenvalue weighted by Crippen LogP contribution is 2.38. The van der Waals surface area contributed by atoms with Crippen LogP contribution in [0.5, 0.6) is 0 Å². The largest absolute Gasteiger partial charge is 0.275 e. The molecule has 0 saturated heterocycles. The van der Waals surface area contributed by atoms with E-state index < -0.39 is 4.92 Å². The van der Waals surface area contributed by atoms with E-state index >= 15 is 0 Å². The lowest BCUT2D eigenvalue weighted by Gasteiger charge is -2.22. The van der Waals surface area contributed by atoms with Gasteiger partial charge in [-0.3, -0.25) is 19.8 Å². The van der Waals surface area contributed by atoms with Gasteiger partial charge in [0.1, 0.15) is 0 Å². The summed E-state index contributed by atoms with van der Waals surface area (Å²) in [6.07, 6.45) is 3.60. The van der Waals surface area contributed by atoms with Gasteiger partial charge in [-0.1, -0.05) is 42.0 Å². The Kier molecular flexibility index (Phi) is 5.33. The molecule has 3 aromatic rings. The summed E-state index contributed by atoms with van der Waals surface area (Å²) < 4.78 is 0.813. The maximum Gasteiger partial charge on any atom is 0.269 e. The second kappa shape index (κ2) is 8.08. The van der Waals surface area contributed by atoms with Crippen molar-refractivity contribution in [1.82, 2.24) is 0 Å². The van der Waals surface area contributed by atoms with E-state index in [4.69, 9.17) is 0 Å². The summed E-state index contributed by atoms with van der Waals surface area (Å²) in [7, 11) is 0. The number of carbonyl (C=O) groups excluding carboxylic acids is 1. The Hall–Kier alpha value is -3.51. The van der Waals surface area contributed by atoms with Crippen molar-refractivity contribution in [3.8, 4) is 0 Å². The number of rotatable bonds is 4. The Morgan fingerprint density at radius 2 is 1.63 bits per heavy atom. The van der Waals surface area contributed by atoms with Gasteiger partial charge in [-0.2, -0.15) is 0 Å². The van der Waals surface area contributed by atoms with E-state index in [0.29, 0.717) is 5.57 Å². The van der Waals surface area contributed by atoms with E-state index in [2.05, 4.69) is 15.9 Å². The highest BCUT2D eigenvalue weighted by atomic mass is 79.9. The standard InChI is InChI=1S/C24H17BrN2O3/c1-16-6-10-18(11-7-16)23-15-19(14-17-8-12-20(13-9-17)27(29)30)24(28)26(23)22-5-3-2-4-21(22)25/h2-15H,1H3/b19-14+. The number of halogens is 1. The highest BCUT2D eigenvalue weighted by Gasteiger charge is 2.31. The zero-order valence-electron chi connectivity index (χ0n) is 16.1. The number of nitro benzene ring substituents is 1. The fourth-order valence-corrected chi connectivity index (χ4v) is 3.76. The van der Waals surface area contributed by atoms with Crippen LogP contribution in [0.15, 0.2) is 88.9 Å². The van der Waals surface area contributed by atoms with E-state index in [1.165, 1.54) is 12.1 Å². The van der Waals surface area contributed by atoms with Crippen molar-refractivity contribution in [3.63, 3.8) is 0 Å². The second-order valence-electron chi connectivity index (χ2n) is 6.94. The molecular weight excluding hydrogens is 444 g/mol. The molecule has 6 heteroatoms. The van der Waals surface area contributed by atoms with Gasteiger partial charge < -0.3 is 0 Å². The Morgan fingerprint density at radius 1 is 0.967 bits per heavy atom. The van der Waals surface area contributed by atoms with Gasteiger partial charge in [0.15, 0.2) is 0 Å². The fourth-order valence-electron chi connectivity index (χ4n) is 3.30. The number of nitrogens with zero attached hydrogens (tertiary/aromatic N) is 2. The summed E-state index contributed by atoms with van der Waals surface area (Å²) in [6, 6.07) is 21.7. The van der Waals surface area contributed by atoms with Crippen molar-refractivity contribution in [1.29, 1.82) is 0 Å². The Balaban J connectivity index is 1.80. The third-order valence-corrected chi connectivity index (χ3v) is 5.52. The number of non-ortho nitro benzene ring substituents is 1. The number of benzene rings is 3. The first-order chi connectivity index (χ1) is 14.4. The summed E-state index contributed by atoms with van der Waals surface area (Å²) in [5, 5.41) is 10.9. The molecule has 0 N–H and O–H groups in total. The fraction of sp³-hybridized carbons (Fsp3) is 0.0417. The summed E-state index contributed by atoms with van der Waals surface area (Å²) in [4.78, 5) is 25.5. The van der Waals surface area contributed by atoms with Crippen LogP contribution in [0.3, 0.4) is 0 Å². The summed E-state index contributed by atoms with van der Waals surface area (Å²) in [6.45, 7) is 2.02. The van der Waals surface area contributed by atoms with E-state index in [9.17, 15) is 14.9 Å². The minimum atomic E-state index is -0.443. The predicted octanol–water partition coefficient (Wildman–Crippen LogP) is 6.14. The van der Waals surface area contributed by atoms with Gasteiger partial charge in [0.05, 0.1) is 16.3 Å². The van der Waals surface area contributed by atoms with Crippen LogP contribution in [0, 0.1) is 17.0 Å². The van der Waals surface area contributed by atoms with Crippen LogP contribution in [-0.4, -0.2) is 10.8 Å². The molecule has 4 rings (SSSR count). The van der Waals surface area contributed by atoms with Crippen LogP contribution in [0.4, 0.5) is 11.4 Å². The molecule has 0 aromatic heterocycles. The first-order valence-corrected chi connectivity index (χ1v) is 10.1. The summed E-state index contributed by atoms with van der Waals surface area (Å²) in [5.41, 5.74) is 4.84. The number of amides is 1. The topological polar surface area (TPSA) is 63.5 Å². The number of aryl methyl sites for hydroxylation is 1. The van der Waals surface area contributed by atoms with Gasteiger partial charge in [0.25, 0.3) is 11.6 Å². The smallest absolute Gasteiger partial charge is 0.269 e. The lowest BCUT2D eigenvalue weighted by molar-refractivity contribution is -0.384. The van der Waals surface area contributed by atoms with Crippen LogP contribution in [0.2, 0.25) is 0 Å². The second-order valence-corrected chi connectivity index (χ2v) is 7.79. The molecule has 0 saturated carbocycles. The van der Waals surface area contributed by atoms with E-state index in [0.717, 1.165) is 32.5 Å². The van der Waals surface area contributed by atoms with Gasteiger partial charge in [-0.15, -0.1) is 0 Å². The van der Waals surface area contributed by atoms with Gasteiger partial charge in [-0.25, -0.2) is 0 Å². The maximum absolute atomic E-state index is 13.4. The van der Waals surface area contributed by atoms with Crippen molar-refractivity contribution in [2.45, 2.75) is 6.92 Å². The van der Waals surface area contributed by atoms with E-state index in [1.807, 2.05) is 61.5 Å². The molecule has 0 aliphatic carbocycles. The van der Waals surface area contributed by atoms with Crippen molar-refractivity contribution in [3.05, 3.63) is 116 Å². The molecule has 1 aliphatic rings. The number of nitro groups is 1. The molecule has 1 aliphatic heterocycles. The minimum Gasteiger partial charge on any atom is -0.275 e. The Morgan fingerprint density at radius 3 is 2.27 bits per heavy atom. The number of anilines is 1. The first kappa shape index (κ1) is 19.8. The zero-order valence-corrected chi connectivity index (χ0v) is 17.7. The molecule has 0 bridgehead atoms. The van der Waals surface area contributed by atoms with Crippen LogP contribution in [0.1, 0.15) is 16.7 Å². The van der Waals surface area contributed by atoms with E-state index in [-0.39, 0.29) is 11.6 Å². The van der Waals surface area contributed by atoms with Crippen molar-refractivity contribution in [2.24, 2.45) is 0 Å². The van der Waals surface area contributed by atoms with Gasteiger partial charge in [-0.05, 0) is 70.4 Å². The maximum atomic E-state index is 13.4. The third-order valence-electron chi connectivity index (χ3n) is 4.85. The molecule has 5 nitrogen and oxygen atoms in total. The molecule has 0 atom stereocenters. The zero-order chi connectivity index (χ0) is 21.3. The lowest BCUT2D eigenvalue weighted by Crippen LogP contribution is -2.25. The van der Waals surface area contributed by atoms with Gasteiger partial charge in [0, 0.05) is 22.2 Å². The lowest BCUT2D eigenvalue weighted by atomic mass is 10.1. The Labute approximate surface area is 182 Å². The van der Waals surface area contributed by atoms with Crippen molar-refractivity contribution >= 4 is 45.0 Å². The van der Waals surface area contributed by atoms with Crippen LogP contribution in [0.25, 0.3) is 11.8 Å². The van der Waals surface area contributed by atoms with Crippen LogP contribution in [-0.2, 0) is 4.79 Å². The third kappa shape index (κ3) is 3.82. The number of hydrogen-bond acceptors (Lipinski definition) is 3. The molecule has 1 heterocycles. The molecule has 0 fully saturated rings. The molecule has 30 heavy (non-hydrogen) atoms. The average molecular weight is 461 g/mol. The molecule has 1 amide bonds. The molecule has 148 valence electrons. The SMILES string of the molecule is Cc1ccc(C2=C/C(=C\c3ccc([N+](=O)[O-])cc3)C(=O)N2c2ccccc2Br)cc1. The van der Waals surface area contributed by atoms with Crippen LogP contribution >= 0.6 is 15.9 Å². The molecule has 0 radical (unpaired) electrons. The Bertz CT molecular complexity index is 1200. The monoisotopic (exact) mass is 460 g/mol. The number of para-hydroxylation sites is 1. The molecule has 3 aromatic carbocycles. The quantitative estimate of drug-likeness (QED) is 0.267. The first-order valence-electron chi connectivity index (χ1n) is 9.28. The van der Waals surface area contributed by atoms with Crippen LogP contribution < -0.4 is 4.90 Å². The minimum absolute atomic E-state index is 0.0145. The molecular formula is C24H17BrN2O3. The predicted molar refractivity (Wildman–Crippen MR) is 122 cm³/mol. The number of carbonyl (C=O) groups is 1. The molecule has 0 unspecified atom stereocenters. The normalized spacial score (nSPS) is 14.9. The average Bonchev–Trinajstić information content (AvgIpc) is 3.05. The summed E-state index contributed by atoms with van der Waals surface area (Å²) >= 11 is 3.55. The van der Waals surface area contributed by atoms with Gasteiger partial charge >= 0.3 is 0 Å². The van der Waals surface area contributed by atoms with E-state index in [1.54, 1.807) is 23.1 Å². The van der Waals surface area contributed by atoms with Gasteiger partial charge in [0.2, 0.25) is 0 Å². The van der Waals surface area contributed by atoms with Crippen molar-refractivity contribution in [2.75, 3.05) is 4.90 Å². The van der Waals surface area contributed by atoms with Crippen molar-refractivity contribution < 1.29 is 9.72 Å². The molecule has 0 spiro atoms.